The van der Waals surface area contributed by atoms with Gasteiger partial charge >= 0.3 is 0 Å². The number of aliphatic hydroxyl groups excluding tert-OH is 2. The number of ether oxygens (including phenoxy) is 2. The zero-order valence-corrected chi connectivity index (χ0v) is 66.1. The molecule has 12 aliphatic carbocycles. The van der Waals surface area contributed by atoms with Crippen LogP contribution < -0.4 is 0 Å². The summed E-state index contributed by atoms with van der Waals surface area (Å²) in [6.45, 7) is 66.3. The normalized spacial score (nSPS) is 43.5. The molecule has 2 saturated heterocycles. The molecule has 0 aromatic rings. The van der Waals surface area contributed by atoms with E-state index in [1.165, 1.54) is 142 Å². The van der Waals surface area contributed by atoms with Crippen molar-refractivity contribution in [1.82, 2.24) is 0 Å². The van der Waals surface area contributed by atoms with Gasteiger partial charge in [0.1, 0.15) is 17.2 Å². The zero-order chi connectivity index (χ0) is 73.3. The highest BCUT2D eigenvalue weighted by molar-refractivity contribution is 6.08. The fourth-order valence-corrected chi connectivity index (χ4v) is 23.0. The van der Waals surface area contributed by atoms with E-state index in [1.54, 1.807) is 12.5 Å². The molecule has 10 saturated carbocycles. The van der Waals surface area contributed by atoms with Crippen molar-refractivity contribution in [3.05, 3.63) is 107 Å². The molecule has 0 amide bonds. The second-order valence-electron chi connectivity index (χ2n) is 38.5. The van der Waals surface area contributed by atoms with Crippen molar-refractivity contribution in [3.63, 3.8) is 0 Å². The van der Waals surface area contributed by atoms with Gasteiger partial charge in [0.15, 0.2) is 17.2 Å². The summed E-state index contributed by atoms with van der Waals surface area (Å²) >= 11 is 0. The summed E-state index contributed by atoms with van der Waals surface area (Å²) in [4.78, 5) is 48.3. The van der Waals surface area contributed by atoms with Crippen molar-refractivity contribution in [1.29, 1.82) is 0 Å². The first-order valence-corrected chi connectivity index (χ1v) is 39.8. The van der Waals surface area contributed by atoms with E-state index < -0.39 is 11.0 Å². The third-order valence-electron chi connectivity index (χ3n) is 31.5. The minimum atomic E-state index is -0.700. The van der Waals surface area contributed by atoms with Crippen molar-refractivity contribution < 1.29 is 38.9 Å². The molecule has 2 aliphatic heterocycles. The van der Waals surface area contributed by atoms with Crippen molar-refractivity contribution in [2.45, 2.75) is 339 Å². The molecule has 552 valence electrons. The fraction of sp³-hybridized carbons (Fsp3) is 0.758. The van der Waals surface area contributed by atoms with Crippen LogP contribution in [0.1, 0.15) is 310 Å². The number of carbonyl (C=O) groups excluding carboxylic acids is 4. The second kappa shape index (κ2) is 29.3. The van der Waals surface area contributed by atoms with Gasteiger partial charge in [0.25, 0.3) is 0 Å². The Kier molecular flexibility index (Phi) is 23.4. The number of ketones is 4. The van der Waals surface area contributed by atoms with E-state index in [0.29, 0.717) is 107 Å². The molecule has 0 radical (unpaired) electrons. The summed E-state index contributed by atoms with van der Waals surface area (Å²) in [5, 5.41) is 19.4. The maximum atomic E-state index is 12.3. The van der Waals surface area contributed by atoms with Crippen LogP contribution in [-0.2, 0) is 28.7 Å². The van der Waals surface area contributed by atoms with E-state index >= 15 is 0 Å². The summed E-state index contributed by atoms with van der Waals surface area (Å²) in [5.74, 6) is 6.34. The quantitative estimate of drug-likeness (QED) is 0.146. The summed E-state index contributed by atoms with van der Waals surface area (Å²) in [6, 6.07) is 0. The Morgan fingerprint density at radius 1 is 0.535 bits per heavy atom. The van der Waals surface area contributed by atoms with Gasteiger partial charge in [-0.25, -0.2) is 0 Å². The molecule has 20 atom stereocenters. The number of allylic oxidation sites excluding steroid dienone is 9. The molecule has 1 spiro atoms. The Balaban J connectivity index is 0.000000139. The van der Waals surface area contributed by atoms with E-state index in [2.05, 4.69) is 136 Å². The summed E-state index contributed by atoms with van der Waals surface area (Å²) < 4.78 is 11.9. The maximum Gasteiger partial charge on any atom is 0.167 e. The van der Waals surface area contributed by atoms with Gasteiger partial charge in [-0.3, -0.25) is 19.2 Å². The minimum absolute atomic E-state index is 0.0773. The predicted molar refractivity (Wildman–Crippen MR) is 409 cm³/mol. The van der Waals surface area contributed by atoms with Gasteiger partial charge in [-0.1, -0.05) is 145 Å². The Hall–Kier alpha value is -3.82. The molecule has 0 bridgehead atoms. The predicted octanol–water partition coefficient (Wildman–Crippen LogP) is 22.3. The highest BCUT2D eigenvalue weighted by Gasteiger charge is 2.80. The number of epoxide rings is 2. The number of rotatable bonds is 7. The first-order chi connectivity index (χ1) is 46.0. The molecule has 0 aromatic carbocycles. The van der Waals surface area contributed by atoms with Crippen molar-refractivity contribution in [2.75, 3.05) is 6.61 Å². The third kappa shape index (κ3) is 15.1. The average Bonchev–Trinajstić information content (AvgIpc) is 1.49. The zero-order valence-electron chi connectivity index (χ0n) is 66.1. The molecule has 20 unspecified atom stereocenters. The summed E-state index contributed by atoms with van der Waals surface area (Å²) in [5.41, 5.74) is 15.1. The molecule has 8 nitrogen and oxygen atoms in total. The highest BCUT2D eigenvalue weighted by Crippen LogP contribution is 2.71. The van der Waals surface area contributed by atoms with Crippen LogP contribution in [-0.4, -0.2) is 69.0 Å². The topological polar surface area (TPSA) is 134 Å². The van der Waals surface area contributed by atoms with Crippen LogP contribution in [0.5, 0.6) is 0 Å². The van der Waals surface area contributed by atoms with Gasteiger partial charge in [-0.15, -0.1) is 0 Å². The first-order valence-electron chi connectivity index (χ1n) is 39.8. The Labute approximate surface area is 603 Å². The second-order valence-corrected chi connectivity index (χ2v) is 38.5. The lowest BCUT2D eigenvalue weighted by Crippen LogP contribution is -2.52. The lowest BCUT2D eigenvalue weighted by atomic mass is 9.52. The number of carbonyl (C=O) groups is 4. The van der Waals surface area contributed by atoms with Gasteiger partial charge in [-0.2, -0.15) is 0 Å². The molecule has 2 heterocycles. The molecular formula is C91H140O8. The van der Waals surface area contributed by atoms with E-state index in [-0.39, 0.29) is 39.7 Å². The summed E-state index contributed by atoms with van der Waals surface area (Å²) in [6.07, 6.45) is 33.3. The summed E-state index contributed by atoms with van der Waals surface area (Å²) in [7, 11) is 0. The van der Waals surface area contributed by atoms with Crippen LogP contribution in [0.15, 0.2) is 107 Å². The maximum absolute atomic E-state index is 12.3. The number of hydrogen-bond acceptors (Lipinski definition) is 8. The lowest BCUT2D eigenvalue weighted by molar-refractivity contribution is -0.147. The van der Waals surface area contributed by atoms with Crippen LogP contribution in [0.3, 0.4) is 0 Å². The monoisotopic (exact) mass is 1360 g/mol. The van der Waals surface area contributed by atoms with Crippen molar-refractivity contribution >= 4 is 23.1 Å². The standard InChI is InChI=1S/C16H26O.2C15H22O2.2C15H24O.C15H22O/c1-11(2)13-5-7-16(4)8-6-14(10-17)12(3)15(16)9-13;1-10(2)11-5-7-13(3)8-6-12(16)14(4)15(13,9-11)17-14;1-10(2)12-5-7-14(4)8-6-13(17)15(14,9-12)11(3)16;1-10-5-6-13-15(4,16-13)8-7-12-11(10)9-14(12,2)3;2*1-10(2)12-5-7-15(4)8-6-14(16)11(3)13(15)9-12/h13-14,17H,1,5-10H2,2-4H3;11H,1,5-9H2,2-4H3;12H,1,5-9H2,2-4H3;11-13H,1,5-9H2,2-4H3;12-14,16H,1,3,5-9H2,2,4H3;12H,1,5-9H2,2-4H3. The van der Waals surface area contributed by atoms with Gasteiger partial charge in [0.05, 0.1) is 23.2 Å². The molecule has 14 rings (SSSR count). The molecular weight excluding hydrogens is 1220 g/mol. The lowest BCUT2D eigenvalue weighted by Gasteiger charge is -2.53. The van der Waals surface area contributed by atoms with E-state index in [1.807, 2.05) is 20.8 Å². The Morgan fingerprint density at radius 2 is 1.05 bits per heavy atom. The third-order valence-corrected chi connectivity index (χ3v) is 31.5. The van der Waals surface area contributed by atoms with Gasteiger partial charge in [0, 0.05) is 37.2 Å². The molecule has 0 aromatic heterocycles. The Morgan fingerprint density at radius 3 is 1.63 bits per heavy atom. The van der Waals surface area contributed by atoms with E-state index in [4.69, 9.17) is 9.47 Å². The molecule has 8 heteroatoms. The van der Waals surface area contributed by atoms with Crippen LogP contribution in [0.4, 0.5) is 0 Å². The van der Waals surface area contributed by atoms with Crippen LogP contribution in [0.25, 0.3) is 0 Å². The van der Waals surface area contributed by atoms with Crippen LogP contribution in [0, 0.1) is 91.2 Å². The SMILES string of the molecule is C=C(C)C1CCC2(C)CCC(=O)C(C)=C2C1.C=C(C)C1CCC2(C)CCC(=O)C2(C(C)=O)C1.C=C(C)C1CCC2(C)CCC(=O)C3(C)OC23C1.C=C(C)C1CCC2(C)CCC(CO)C(C)=C2C1.C=C(C)C1CCC2(C)CCC(O)C(=C)C2C1.C=C1CCC2OC2(C)CCC2C1CC2(C)C. The number of aliphatic hydroxyl groups is 2. The van der Waals surface area contributed by atoms with Crippen molar-refractivity contribution in [3.8, 4) is 0 Å². The van der Waals surface area contributed by atoms with Crippen LogP contribution >= 0.6 is 0 Å². The largest absolute Gasteiger partial charge is 0.396 e. The van der Waals surface area contributed by atoms with Crippen molar-refractivity contribution in [2.24, 2.45) is 91.2 Å². The molecule has 2 N–H and O–H groups in total. The number of hydrogen-bond donors (Lipinski definition) is 2. The van der Waals surface area contributed by atoms with Crippen LogP contribution in [0.2, 0.25) is 0 Å². The average molecular weight is 1360 g/mol. The van der Waals surface area contributed by atoms with Gasteiger partial charge < -0.3 is 19.7 Å². The van der Waals surface area contributed by atoms with E-state index in [0.717, 1.165) is 99.2 Å². The number of Topliss-reactive ketones (excluding diaryl/α,β-unsaturated/α-hetero) is 4. The van der Waals surface area contributed by atoms with Gasteiger partial charge in [-0.05, 0) is 328 Å². The Bertz CT molecular complexity index is 3290. The van der Waals surface area contributed by atoms with Gasteiger partial charge in [0.2, 0.25) is 0 Å². The van der Waals surface area contributed by atoms with E-state index in [9.17, 15) is 29.4 Å². The first kappa shape index (κ1) is 79.3. The highest BCUT2D eigenvalue weighted by atomic mass is 16.6. The molecule has 99 heavy (non-hydrogen) atoms. The minimum Gasteiger partial charge on any atom is -0.396 e. The fourth-order valence-electron chi connectivity index (χ4n) is 23.0. The molecule has 14 aliphatic rings. The smallest absolute Gasteiger partial charge is 0.167 e. The number of fused-ring (bicyclic) bond motifs is 6. The molecule has 12 fully saturated rings.